The number of ether oxygens (including phenoxy) is 1. The van der Waals surface area contributed by atoms with Crippen LogP contribution in [0.25, 0.3) is 0 Å². The fraction of sp³-hybridized carbons (Fsp3) is 0.333. The standard InChI is InChI=1S/C12H16N4OS/c1-2-17-8-12-15-10(13)6-11(16-12)14-7-9-4-3-5-18-9/h3-6H,2,7-8H2,1H3,(H3,13,14,15,16). The van der Waals surface area contributed by atoms with Gasteiger partial charge in [0.15, 0.2) is 5.82 Å². The van der Waals surface area contributed by atoms with Gasteiger partial charge in [0.25, 0.3) is 0 Å². The van der Waals surface area contributed by atoms with Gasteiger partial charge in [0.1, 0.15) is 18.2 Å². The van der Waals surface area contributed by atoms with Crippen molar-refractivity contribution < 1.29 is 4.74 Å². The van der Waals surface area contributed by atoms with E-state index in [-0.39, 0.29) is 0 Å². The molecule has 0 aliphatic rings. The molecular weight excluding hydrogens is 248 g/mol. The highest BCUT2D eigenvalue weighted by molar-refractivity contribution is 7.09. The monoisotopic (exact) mass is 264 g/mol. The lowest BCUT2D eigenvalue weighted by molar-refractivity contribution is 0.128. The summed E-state index contributed by atoms with van der Waals surface area (Å²) in [5.41, 5.74) is 5.74. The average molecular weight is 264 g/mol. The van der Waals surface area contributed by atoms with Crippen molar-refractivity contribution in [2.45, 2.75) is 20.1 Å². The molecule has 2 aromatic rings. The largest absolute Gasteiger partial charge is 0.384 e. The third-order valence-electron chi connectivity index (χ3n) is 2.25. The molecule has 2 rings (SSSR count). The van der Waals surface area contributed by atoms with E-state index in [1.165, 1.54) is 4.88 Å². The molecule has 0 aromatic carbocycles. The summed E-state index contributed by atoms with van der Waals surface area (Å²) in [4.78, 5) is 9.72. The highest BCUT2D eigenvalue weighted by atomic mass is 32.1. The first-order valence-corrected chi connectivity index (χ1v) is 6.63. The Balaban J connectivity index is 2.00. The van der Waals surface area contributed by atoms with Crippen LogP contribution in [-0.4, -0.2) is 16.6 Å². The zero-order valence-corrected chi connectivity index (χ0v) is 11.0. The van der Waals surface area contributed by atoms with Gasteiger partial charge in [-0.25, -0.2) is 9.97 Å². The number of thiophene rings is 1. The Hall–Kier alpha value is -1.66. The molecule has 0 atom stereocenters. The minimum absolute atomic E-state index is 0.384. The second kappa shape index (κ2) is 6.32. The van der Waals surface area contributed by atoms with E-state index in [0.29, 0.717) is 24.9 Å². The van der Waals surface area contributed by atoms with Crippen LogP contribution in [0, 0.1) is 0 Å². The Labute approximate surface area is 110 Å². The van der Waals surface area contributed by atoms with Gasteiger partial charge in [0.05, 0.1) is 6.54 Å². The molecule has 0 saturated heterocycles. The molecule has 0 fully saturated rings. The van der Waals surface area contributed by atoms with Crippen molar-refractivity contribution in [2.75, 3.05) is 17.7 Å². The molecule has 0 bridgehead atoms. The van der Waals surface area contributed by atoms with E-state index >= 15 is 0 Å². The average Bonchev–Trinajstić information content (AvgIpc) is 2.86. The predicted octanol–water partition coefficient (Wildman–Crippen LogP) is 2.27. The maximum absolute atomic E-state index is 5.74. The number of nitrogens with zero attached hydrogens (tertiary/aromatic N) is 2. The Kier molecular flexibility index (Phi) is 4.49. The van der Waals surface area contributed by atoms with Crippen LogP contribution in [-0.2, 0) is 17.9 Å². The molecule has 0 saturated carbocycles. The maximum Gasteiger partial charge on any atom is 0.158 e. The van der Waals surface area contributed by atoms with Gasteiger partial charge in [-0.3, -0.25) is 0 Å². The summed E-state index contributed by atoms with van der Waals surface area (Å²) in [6, 6.07) is 5.82. The van der Waals surface area contributed by atoms with Gasteiger partial charge in [-0.1, -0.05) is 6.07 Å². The molecule has 3 N–H and O–H groups in total. The SMILES string of the molecule is CCOCc1nc(N)cc(NCc2cccs2)n1. The minimum atomic E-state index is 0.384. The van der Waals surface area contributed by atoms with Crippen LogP contribution < -0.4 is 11.1 Å². The number of aromatic nitrogens is 2. The first kappa shape index (κ1) is 12.8. The lowest BCUT2D eigenvalue weighted by Gasteiger charge is -2.07. The summed E-state index contributed by atoms with van der Waals surface area (Å²) < 4.78 is 5.27. The number of nitrogen functional groups attached to an aromatic ring is 1. The fourth-order valence-electron chi connectivity index (χ4n) is 1.46. The first-order chi connectivity index (χ1) is 8.78. The third-order valence-corrected chi connectivity index (χ3v) is 3.13. The van der Waals surface area contributed by atoms with Crippen LogP contribution in [0.3, 0.4) is 0 Å². The Bertz CT molecular complexity index is 487. The lowest BCUT2D eigenvalue weighted by atomic mass is 10.4. The molecule has 0 radical (unpaired) electrons. The molecule has 2 aromatic heterocycles. The van der Waals surface area contributed by atoms with E-state index in [2.05, 4.69) is 21.4 Å². The summed E-state index contributed by atoms with van der Waals surface area (Å²) in [7, 11) is 0. The van der Waals surface area contributed by atoms with E-state index in [4.69, 9.17) is 10.5 Å². The van der Waals surface area contributed by atoms with Gasteiger partial charge in [0.2, 0.25) is 0 Å². The predicted molar refractivity (Wildman–Crippen MR) is 73.4 cm³/mol. The van der Waals surface area contributed by atoms with Crippen molar-refractivity contribution >= 4 is 23.0 Å². The van der Waals surface area contributed by atoms with Crippen molar-refractivity contribution in [2.24, 2.45) is 0 Å². The molecule has 0 amide bonds. The quantitative estimate of drug-likeness (QED) is 0.837. The van der Waals surface area contributed by atoms with Crippen molar-refractivity contribution in [3.05, 3.63) is 34.3 Å². The smallest absolute Gasteiger partial charge is 0.158 e. The summed E-state index contributed by atoms with van der Waals surface area (Å²) >= 11 is 1.70. The summed E-state index contributed by atoms with van der Waals surface area (Å²) in [5.74, 6) is 1.78. The van der Waals surface area contributed by atoms with E-state index in [1.807, 2.05) is 18.4 Å². The van der Waals surface area contributed by atoms with Crippen molar-refractivity contribution in [3.8, 4) is 0 Å². The minimum Gasteiger partial charge on any atom is -0.384 e. The topological polar surface area (TPSA) is 73.1 Å². The second-order valence-electron chi connectivity index (χ2n) is 3.66. The third kappa shape index (κ3) is 3.68. The zero-order chi connectivity index (χ0) is 12.8. The highest BCUT2D eigenvalue weighted by Crippen LogP contribution is 2.13. The number of hydrogen-bond donors (Lipinski definition) is 2. The number of anilines is 2. The van der Waals surface area contributed by atoms with Gasteiger partial charge in [-0.05, 0) is 18.4 Å². The van der Waals surface area contributed by atoms with Gasteiger partial charge < -0.3 is 15.8 Å². The van der Waals surface area contributed by atoms with Crippen LogP contribution in [0.2, 0.25) is 0 Å². The van der Waals surface area contributed by atoms with Gasteiger partial charge in [-0.2, -0.15) is 0 Å². The van der Waals surface area contributed by atoms with Crippen LogP contribution in [0.5, 0.6) is 0 Å². The van der Waals surface area contributed by atoms with E-state index in [0.717, 1.165) is 12.4 Å². The van der Waals surface area contributed by atoms with Gasteiger partial charge >= 0.3 is 0 Å². The Morgan fingerprint density at radius 2 is 2.33 bits per heavy atom. The molecule has 0 aliphatic carbocycles. The Morgan fingerprint density at radius 3 is 3.06 bits per heavy atom. The molecular formula is C12H16N4OS. The zero-order valence-electron chi connectivity index (χ0n) is 10.2. The molecule has 2 heterocycles. The number of nitrogens with one attached hydrogen (secondary N) is 1. The second-order valence-corrected chi connectivity index (χ2v) is 4.70. The van der Waals surface area contributed by atoms with Crippen molar-refractivity contribution in [1.29, 1.82) is 0 Å². The summed E-state index contributed by atoms with van der Waals surface area (Å²) in [6.07, 6.45) is 0. The molecule has 5 nitrogen and oxygen atoms in total. The molecule has 6 heteroatoms. The van der Waals surface area contributed by atoms with Crippen LogP contribution >= 0.6 is 11.3 Å². The van der Waals surface area contributed by atoms with Gasteiger partial charge in [0, 0.05) is 17.6 Å². The van der Waals surface area contributed by atoms with Gasteiger partial charge in [-0.15, -0.1) is 11.3 Å². The van der Waals surface area contributed by atoms with E-state index in [1.54, 1.807) is 17.4 Å². The van der Waals surface area contributed by atoms with Crippen LogP contribution in [0.1, 0.15) is 17.6 Å². The molecule has 0 unspecified atom stereocenters. The molecule has 18 heavy (non-hydrogen) atoms. The normalized spacial score (nSPS) is 10.5. The molecule has 0 aliphatic heterocycles. The van der Waals surface area contributed by atoms with E-state index < -0.39 is 0 Å². The summed E-state index contributed by atoms with van der Waals surface area (Å²) in [6.45, 7) is 3.69. The van der Waals surface area contributed by atoms with Crippen molar-refractivity contribution in [1.82, 2.24) is 9.97 Å². The molecule has 0 spiro atoms. The fourth-order valence-corrected chi connectivity index (χ4v) is 2.10. The summed E-state index contributed by atoms with van der Waals surface area (Å²) in [5, 5.41) is 5.28. The van der Waals surface area contributed by atoms with Crippen LogP contribution in [0.4, 0.5) is 11.6 Å². The molecule has 96 valence electrons. The first-order valence-electron chi connectivity index (χ1n) is 5.75. The Morgan fingerprint density at radius 1 is 1.44 bits per heavy atom. The van der Waals surface area contributed by atoms with Crippen LogP contribution in [0.15, 0.2) is 23.6 Å². The lowest BCUT2D eigenvalue weighted by Crippen LogP contribution is -2.07. The number of nitrogens with two attached hydrogens (primary N) is 1. The van der Waals surface area contributed by atoms with E-state index in [9.17, 15) is 0 Å². The number of hydrogen-bond acceptors (Lipinski definition) is 6. The number of rotatable bonds is 6. The highest BCUT2D eigenvalue weighted by Gasteiger charge is 2.03. The van der Waals surface area contributed by atoms with Crippen molar-refractivity contribution in [3.63, 3.8) is 0 Å². The maximum atomic E-state index is 5.74.